The van der Waals surface area contributed by atoms with Crippen molar-refractivity contribution in [3.8, 4) is 5.69 Å². The quantitative estimate of drug-likeness (QED) is 0.642. The van der Waals surface area contributed by atoms with Crippen molar-refractivity contribution < 1.29 is 5.11 Å². The fraction of sp³-hybridized carbons (Fsp3) is 0.375. The van der Waals surface area contributed by atoms with Crippen LogP contribution in [0, 0.1) is 0 Å². The first-order chi connectivity index (χ1) is 14.3. The standard InChI is InChI=1S/C24H30N4O/c29-16-12-24-20-26(14-15-27(24)13-11-21-7-3-1-4-8-21)18-22-17-25-28(19-22)23-9-5-2-6-10-23/h1-10,17,19,24,29H,11-16,18,20H2/t24-/m0/s1. The first kappa shape index (κ1) is 19.8. The van der Waals surface area contributed by atoms with Crippen molar-refractivity contribution >= 4 is 0 Å². The molecular formula is C24H30N4O. The van der Waals surface area contributed by atoms with Crippen molar-refractivity contribution in [3.63, 3.8) is 0 Å². The molecule has 5 heteroatoms. The first-order valence-electron chi connectivity index (χ1n) is 10.5. The highest BCUT2D eigenvalue weighted by atomic mass is 16.3. The Morgan fingerprint density at radius 2 is 1.69 bits per heavy atom. The van der Waals surface area contributed by atoms with Crippen LogP contribution in [0.5, 0.6) is 0 Å². The molecular weight excluding hydrogens is 360 g/mol. The van der Waals surface area contributed by atoms with Crippen molar-refractivity contribution in [2.24, 2.45) is 0 Å². The molecule has 2 heterocycles. The Bertz CT molecular complexity index is 865. The Morgan fingerprint density at radius 1 is 0.931 bits per heavy atom. The van der Waals surface area contributed by atoms with Gasteiger partial charge in [-0.3, -0.25) is 9.80 Å². The Labute approximate surface area is 173 Å². The smallest absolute Gasteiger partial charge is 0.0645 e. The fourth-order valence-corrected chi connectivity index (χ4v) is 4.16. The lowest BCUT2D eigenvalue weighted by Crippen LogP contribution is -2.53. The molecule has 0 radical (unpaired) electrons. The van der Waals surface area contributed by atoms with E-state index in [-0.39, 0.29) is 6.61 Å². The molecule has 0 amide bonds. The van der Waals surface area contributed by atoms with Gasteiger partial charge in [0.25, 0.3) is 0 Å². The average molecular weight is 391 g/mol. The second-order valence-electron chi connectivity index (χ2n) is 7.80. The molecule has 5 nitrogen and oxygen atoms in total. The molecule has 0 unspecified atom stereocenters. The topological polar surface area (TPSA) is 44.5 Å². The van der Waals surface area contributed by atoms with Crippen LogP contribution in [0.4, 0.5) is 0 Å². The fourth-order valence-electron chi connectivity index (χ4n) is 4.16. The summed E-state index contributed by atoms with van der Waals surface area (Å²) in [4.78, 5) is 5.04. The maximum absolute atomic E-state index is 9.57. The summed E-state index contributed by atoms with van der Waals surface area (Å²) in [6.07, 6.45) is 5.98. The van der Waals surface area contributed by atoms with Gasteiger partial charge in [-0.25, -0.2) is 4.68 Å². The number of hydrogen-bond acceptors (Lipinski definition) is 4. The number of para-hydroxylation sites is 1. The SMILES string of the molecule is OCC[C@H]1CN(Cc2cnn(-c3ccccc3)c2)CCN1CCc1ccccc1. The molecule has 0 bridgehead atoms. The Morgan fingerprint density at radius 3 is 2.45 bits per heavy atom. The van der Waals surface area contributed by atoms with Crippen LogP contribution in [0.1, 0.15) is 17.5 Å². The summed E-state index contributed by atoms with van der Waals surface area (Å²) in [7, 11) is 0. The predicted molar refractivity (Wildman–Crippen MR) is 116 cm³/mol. The van der Waals surface area contributed by atoms with Gasteiger partial charge in [0.05, 0.1) is 11.9 Å². The summed E-state index contributed by atoms with van der Waals surface area (Å²) < 4.78 is 1.94. The molecule has 1 N–H and O–H groups in total. The van der Waals surface area contributed by atoms with Gasteiger partial charge in [-0.05, 0) is 30.5 Å². The molecule has 152 valence electrons. The van der Waals surface area contributed by atoms with E-state index in [2.05, 4.69) is 63.6 Å². The van der Waals surface area contributed by atoms with Crippen molar-refractivity contribution in [2.45, 2.75) is 25.4 Å². The number of aliphatic hydroxyl groups excluding tert-OH is 1. The van der Waals surface area contributed by atoms with Crippen molar-refractivity contribution in [1.82, 2.24) is 19.6 Å². The molecule has 0 saturated carbocycles. The van der Waals surface area contributed by atoms with Crippen LogP contribution in [-0.4, -0.2) is 63.5 Å². The zero-order valence-electron chi connectivity index (χ0n) is 16.9. The zero-order valence-corrected chi connectivity index (χ0v) is 16.9. The van der Waals surface area contributed by atoms with Crippen LogP contribution in [0.25, 0.3) is 5.69 Å². The van der Waals surface area contributed by atoms with Crippen molar-refractivity contribution in [2.75, 3.05) is 32.8 Å². The van der Waals surface area contributed by atoms with E-state index in [0.717, 1.165) is 51.3 Å². The molecule has 0 aliphatic carbocycles. The van der Waals surface area contributed by atoms with Crippen molar-refractivity contribution in [3.05, 3.63) is 84.2 Å². The molecule has 1 atom stereocenters. The third kappa shape index (κ3) is 5.32. The van der Waals surface area contributed by atoms with Gasteiger partial charge in [0.15, 0.2) is 0 Å². The van der Waals surface area contributed by atoms with Crippen molar-refractivity contribution in [1.29, 1.82) is 0 Å². The van der Waals surface area contributed by atoms with E-state index < -0.39 is 0 Å². The highest BCUT2D eigenvalue weighted by Crippen LogP contribution is 2.17. The molecule has 0 spiro atoms. The van der Waals surface area contributed by atoms with E-state index in [1.54, 1.807) is 0 Å². The minimum absolute atomic E-state index is 0.242. The molecule has 1 aliphatic heterocycles. The van der Waals surface area contributed by atoms with E-state index in [9.17, 15) is 5.11 Å². The Hall–Kier alpha value is -2.47. The van der Waals surface area contributed by atoms with Gasteiger partial charge in [0.2, 0.25) is 0 Å². The molecule has 3 aromatic rings. The number of aliphatic hydroxyl groups is 1. The third-order valence-corrected chi connectivity index (χ3v) is 5.74. The second kappa shape index (κ2) is 9.83. The lowest BCUT2D eigenvalue weighted by molar-refractivity contribution is 0.0562. The summed E-state index contributed by atoms with van der Waals surface area (Å²) in [6, 6.07) is 21.3. The predicted octanol–water partition coefficient (Wildman–Crippen LogP) is 2.98. The molecule has 29 heavy (non-hydrogen) atoms. The summed E-state index contributed by atoms with van der Waals surface area (Å²) >= 11 is 0. The number of nitrogens with zero attached hydrogens (tertiary/aromatic N) is 4. The highest BCUT2D eigenvalue weighted by molar-refractivity contribution is 5.30. The summed E-state index contributed by atoms with van der Waals surface area (Å²) in [5.74, 6) is 0. The van der Waals surface area contributed by atoms with E-state index in [1.807, 2.05) is 29.1 Å². The average Bonchev–Trinajstić information content (AvgIpc) is 3.23. The Kier molecular flexibility index (Phi) is 6.72. The van der Waals surface area contributed by atoms with Gasteiger partial charge in [-0.15, -0.1) is 0 Å². The van der Waals surface area contributed by atoms with Crippen LogP contribution < -0.4 is 0 Å². The van der Waals surface area contributed by atoms with Crippen LogP contribution >= 0.6 is 0 Å². The number of piperazine rings is 1. The molecule has 1 fully saturated rings. The molecule has 1 saturated heterocycles. The minimum Gasteiger partial charge on any atom is -0.396 e. The van der Waals surface area contributed by atoms with Crippen LogP contribution in [-0.2, 0) is 13.0 Å². The largest absolute Gasteiger partial charge is 0.396 e. The van der Waals surface area contributed by atoms with Gasteiger partial charge in [0, 0.05) is 57.1 Å². The van der Waals surface area contributed by atoms with E-state index >= 15 is 0 Å². The summed E-state index contributed by atoms with van der Waals surface area (Å²) in [5, 5.41) is 14.1. The van der Waals surface area contributed by atoms with Gasteiger partial charge in [-0.2, -0.15) is 5.10 Å². The molecule has 4 rings (SSSR count). The number of rotatable bonds is 8. The molecule has 2 aromatic carbocycles. The number of hydrogen-bond donors (Lipinski definition) is 1. The maximum atomic E-state index is 9.57. The zero-order chi connectivity index (χ0) is 19.9. The van der Waals surface area contributed by atoms with Gasteiger partial charge in [0.1, 0.15) is 0 Å². The lowest BCUT2D eigenvalue weighted by atomic mass is 10.1. The van der Waals surface area contributed by atoms with Gasteiger partial charge in [-0.1, -0.05) is 48.5 Å². The van der Waals surface area contributed by atoms with Crippen LogP contribution in [0.15, 0.2) is 73.1 Å². The van der Waals surface area contributed by atoms with E-state index in [1.165, 1.54) is 11.1 Å². The maximum Gasteiger partial charge on any atom is 0.0645 e. The molecule has 1 aliphatic rings. The number of aromatic nitrogens is 2. The van der Waals surface area contributed by atoms with E-state index in [0.29, 0.717) is 6.04 Å². The van der Waals surface area contributed by atoms with Crippen LogP contribution in [0.3, 0.4) is 0 Å². The second-order valence-corrected chi connectivity index (χ2v) is 7.80. The van der Waals surface area contributed by atoms with E-state index in [4.69, 9.17) is 0 Å². The monoisotopic (exact) mass is 390 g/mol. The van der Waals surface area contributed by atoms with Gasteiger partial charge >= 0.3 is 0 Å². The number of benzene rings is 2. The normalized spacial score (nSPS) is 18.2. The third-order valence-electron chi connectivity index (χ3n) is 5.74. The molecule has 1 aromatic heterocycles. The highest BCUT2D eigenvalue weighted by Gasteiger charge is 2.26. The summed E-state index contributed by atoms with van der Waals surface area (Å²) in [6.45, 7) is 5.28. The Balaban J connectivity index is 1.34. The minimum atomic E-state index is 0.242. The van der Waals surface area contributed by atoms with Crippen LogP contribution in [0.2, 0.25) is 0 Å². The van der Waals surface area contributed by atoms with Gasteiger partial charge < -0.3 is 5.11 Å². The first-order valence-corrected chi connectivity index (χ1v) is 10.5. The lowest BCUT2D eigenvalue weighted by Gasteiger charge is -2.41. The summed E-state index contributed by atoms with van der Waals surface area (Å²) in [5.41, 5.74) is 3.70.